The van der Waals surface area contributed by atoms with Crippen molar-refractivity contribution in [2.75, 3.05) is 19.7 Å². The molecule has 0 radical (unpaired) electrons. The highest BCUT2D eigenvalue weighted by atomic mass is 16.5. The van der Waals surface area contributed by atoms with Gasteiger partial charge in [-0.25, -0.2) is 4.98 Å². The van der Waals surface area contributed by atoms with Crippen LogP contribution in [0.2, 0.25) is 0 Å². The summed E-state index contributed by atoms with van der Waals surface area (Å²) in [4.78, 5) is 7.15. The second-order valence-electron chi connectivity index (χ2n) is 6.38. The maximum atomic E-state index is 6.02. The topological polar surface area (TPSA) is 47.6 Å². The average molecular weight is 325 g/mol. The fourth-order valence-corrected chi connectivity index (χ4v) is 3.41. The molecule has 0 aromatic carbocycles. The lowest BCUT2D eigenvalue weighted by Crippen LogP contribution is -2.34. The molecular weight excluding hydrogens is 302 g/mol. The molecular formula is C18H23N5O. The SMILES string of the molecule is Cc1nc2ccccn2c1CN1CCCOC(Cn2cccn2)C1. The van der Waals surface area contributed by atoms with Gasteiger partial charge in [0.25, 0.3) is 0 Å². The predicted octanol–water partition coefficient (Wildman–Crippen LogP) is 2.13. The number of imidazole rings is 1. The van der Waals surface area contributed by atoms with Gasteiger partial charge < -0.3 is 9.14 Å². The van der Waals surface area contributed by atoms with Gasteiger partial charge in [0.1, 0.15) is 5.65 Å². The second kappa shape index (κ2) is 6.75. The molecule has 1 fully saturated rings. The molecule has 0 N–H and O–H groups in total. The van der Waals surface area contributed by atoms with Gasteiger partial charge in [-0.2, -0.15) is 5.10 Å². The lowest BCUT2D eigenvalue weighted by atomic mass is 10.2. The van der Waals surface area contributed by atoms with Crippen LogP contribution >= 0.6 is 0 Å². The summed E-state index contributed by atoms with van der Waals surface area (Å²) < 4.78 is 10.2. The summed E-state index contributed by atoms with van der Waals surface area (Å²) in [5.41, 5.74) is 3.39. The fourth-order valence-electron chi connectivity index (χ4n) is 3.41. The zero-order valence-corrected chi connectivity index (χ0v) is 14.0. The van der Waals surface area contributed by atoms with Gasteiger partial charge in [0.15, 0.2) is 0 Å². The Balaban J connectivity index is 1.51. The highest BCUT2D eigenvalue weighted by molar-refractivity contribution is 5.42. The van der Waals surface area contributed by atoms with E-state index in [0.717, 1.165) is 50.5 Å². The average Bonchev–Trinajstić information content (AvgIpc) is 3.12. The Morgan fingerprint density at radius 3 is 3.08 bits per heavy atom. The maximum Gasteiger partial charge on any atom is 0.137 e. The van der Waals surface area contributed by atoms with E-state index < -0.39 is 0 Å². The summed E-state index contributed by atoms with van der Waals surface area (Å²) in [6.07, 6.45) is 7.14. The van der Waals surface area contributed by atoms with Gasteiger partial charge in [0.05, 0.1) is 24.0 Å². The number of nitrogens with zero attached hydrogens (tertiary/aromatic N) is 5. The lowest BCUT2D eigenvalue weighted by Gasteiger charge is -2.23. The molecule has 3 aromatic heterocycles. The molecule has 3 aromatic rings. The highest BCUT2D eigenvalue weighted by Gasteiger charge is 2.21. The van der Waals surface area contributed by atoms with Crippen molar-refractivity contribution in [3.63, 3.8) is 0 Å². The highest BCUT2D eigenvalue weighted by Crippen LogP contribution is 2.16. The molecule has 1 saturated heterocycles. The Hall–Kier alpha value is -2.18. The van der Waals surface area contributed by atoms with Crippen molar-refractivity contribution in [2.24, 2.45) is 0 Å². The maximum absolute atomic E-state index is 6.02. The van der Waals surface area contributed by atoms with Crippen LogP contribution in [-0.4, -0.2) is 49.9 Å². The molecule has 1 aliphatic heterocycles. The Bertz CT molecular complexity index is 795. The Morgan fingerprint density at radius 2 is 2.21 bits per heavy atom. The summed E-state index contributed by atoms with van der Waals surface area (Å²) in [6.45, 7) is 6.58. The molecule has 126 valence electrons. The van der Waals surface area contributed by atoms with Gasteiger partial charge in [-0.15, -0.1) is 0 Å². The van der Waals surface area contributed by atoms with E-state index in [4.69, 9.17) is 4.74 Å². The molecule has 4 heterocycles. The molecule has 0 bridgehead atoms. The van der Waals surface area contributed by atoms with Gasteiger partial charge in [-0.1, -0.05) is 6.07 Å². The number of hydrogen-bond acceptors (Lipinski definition) is 4. The first-order valence-corrected chi connectivity index (χ1v) is 8.53. The van der Waals surface area contributed by atoms with Crippen LogP contribution in [-0.2, 0) is 17.8 Å². The van der Waals surface area contributed by atoms with E-state index in [-0.39, 0.29) is 6.10 Å². The summed E-state index contributed by atoms with van der Waals surface area (Å²) in [6, 6.07) is 8.11. The van der Waals surface area contributed by atoms with Crippen molar-refractivity contribution in [2.45, 2.75) is 32.5 Å². The molecule has 1 atom stereocenters. The van der Waals surface area contributed by atoms with Gasteiger partial charge in [0, 0.05) is 44.8 Å². The molecule has 6 heteroatoms. The molecule has 0 aliphatic carbocycles. The van der Waals surface area contributed by atoms with Gasteiger partial charge in [-0.05, 0) is 31.5 Å². The third-order valence-electron chi connectivity index (χ3n) is 4.59. The van der Waals surface area contributed by atoms with Crippen molar-refractivity contribution in [1.29, 1.82) is 0 Å². The van der Waals surface area contributed by atoms with Crippen LogP contribution < -0.4 is 0 Å². The third kappa shape index (κ3) is 3.20. The number of aryl methyl sites for hydroxylation is 1. The summed E-state index contributed by atoms with van der Waals surface area (Å²) in [7, 11) is 0. The van der Waals surface area contributed by atoms with Crippen LogP contribution in [0, 0.1) is 6.92 Å². The van der Waals surface area contributed by atoms with E-state index in [0.29, 0.717) is 0 Å². The zero-order chi connectivity index (χ0) is 16.4. The zero-order valence-electron chi connectivity index (χ0n) is 14.0. The Labute approximate surface area is 141 Å². The summed E-state index contributed by atoms with van der Waals surface area (Å²) in [5.74, 6) is 0. The molecule has 0 saturated carbocycles. The number of pyridine rings is 1. The van der Waals surface area contributed by atoms with E-state index in [9.17, 15) is 0 Å². The molecule has 1 unspecified atom stereocenters. The van der Waals surface area contributed by atoms with E-state index in [1.807, 2.05) is 29.2 Å². The molecule has 1 aliphatic rings. The van der Waals surface area contributed by atoms with Crippen LogP contribution in [0.1, 0.15) is 17.8 Å². The van der Waals surface area contributed by atoms with Crippen molar-refractivity contribution < 1.29 is 4.74 Å². The minimum atomic E-state index is 0.173. The molecule has 24 heavy (non-hydrogen) atoms. The van der Waals surface area contributed by atoms with Crippen molar-refractivity contribution in [3.8, 4) is 0 Å². The van der Waals surface area contributed by atoms with Gasteiger partial charge in [0.2, 0.25) is 0 Å². The second-order valence-corrected chi connectivity index (χ2v) is 6.38. The van der Waals surface area contributed by atoms with Crippen LogP contribution in [0.3, 0.4) is 0 Å². The van der Waals surface area contributed by atoms with Gasteiger partial charge in [-0.3, -0.25) is 9.58 Å². The van der Waals surface area contributed by atoms with E-state index in [1.165, 1.54) is 5.69 Å². The minimum absolute atomic E-state index is 0.173. The van der Waals surface area contributed by atoms with E-state index >= 15 is 0 Å². The summed E-state index contributed by atoms with van der Waals surface area (Å²) >= 11 is 0. The number of aromatic nitrogens is 4. The number of ether oxygens (including phenoxy) is 1. The molecule has 0 amide bonds. The number of rotatable bonds is 4. The van der Waals surface area contributed by atoms with Gasteiger partial charge >= 0.3 is 0 Å². The Morgan fingerprint density at radius 1 is 1.25 bits per heavy atom. The quantitative estimate of drug-likeness (QED) is 0.737. The first-order valence-electron chi connectivity index (χ1n) is 8.53. The first-order chi connectivity index (χ1) is 11.8. The Kier molecular flexibility index (Phi) is 4.32. The summed E-state index contributed by atoms with van der Waals surface area (Å²) in [5, 5.41) is 4.30. The van der Waals surface area contributed by atoms with E-state index in [2.05, 4.69) is 44.6 Å². The molecule has 6 nitrogen and oxygen atoms in total. The third-order valence-corrected chi connectivity index (χ3v) is 4.59. The molecule has 4 rings (SSSR count). The standard InChI is InChI=1S/C18H23N5O/c1-15-17(23-10-3-2-6-18(23)20-15)14-21-8-5-11-24-16(12-21)13-22-9-4-7-19-22/h2-4,6-7,9-10,16H,5,8,11-14H2,1H3. The normalized spacial score (nSPS) is 19.6. The van der Waals surface area contributed by atoms with Crippen molar-refractivity contribution in [1.82, 2.24) is 24.1 Å². The van der Waals surface area contributed by atoms with Crippen LogP contribution in [0.5, 0.6) is 0 Å². The largest absolute Gasteiger partial charge is 0.375 e. The molecule has 0 spiro atoms. The van der Waals surface area contributed by atoms with Crippen molar-refractivity contribution in [3.05, 3.63) is 54.2 Å². The van der Waals surface area contributed by atoms with E-state index in [1.54, 1.807) is 0 Å². The smallest absolute Gasteiger partial charge is 0.137 e. The van der Waals surface area contributed by atoms with Crippen molar-refractivity contribution >= 4 is 5.65 Å². The number of fused-ring (bicyclic) bond motifs is 1. The fraction of sp³-hybridized carbons (Fsp3) is 0.444. The van der Waals surface area contributed by atoms with Crippen LogP contribution in [0.15, 0.2) is 42.9 Å². The monoisotopic (exact) mass is 325 g/mol. The first kappa shape index (κ1) is 15.4. The predicted molar refractivity (Wildman–Crippen MR) is 91.8 cm³/mol. The lowest BCUT2D eigenvalue weighted by molar-refractivity contribution is 0.0389. The number of hydrogen-bond donors (Lipinski definition) is 0. The van der Waals surface area contributed by atoms with Crippen LogP contribution in [0.4, 0.5) is 0 Å². The minimum Gasteiger partial charge on any atom is -0.375 e. The van der Waals surface area contributed by atoms with Crippen LogP contribution in [0.25, 0.3) is 5.65 Å².